The average molecular weight is 262 g/mol. The summed E-state index contributed by atoms with van der Waals surface area (Å²) >= 11 is 0. The molecule has 0 bridgehead atoms. The fourth-order valence-corrected chi connectivity index (χ4v) is 2.71. The number of hydrogen-bond donors (Lipinski definition) is 1. The molecule has 0 radical (unpaired) electrons. The summed E-state index contributed by atoms with van der Waals surface area (Å²) < 4.78 is 0. The highest BCUT2D eigenvalue weighted by atomic mass is 15.2. The number of aryl methyl sites for hydroxylation is 1. The minimum absolute atomic E-state index is 0.816. The van der Waals surface area contributed by atoms with E-state index in [0.717, 1.165) is 49.3 Å². The van der Waals surface area contributed by atoms with Gasteiger partial charge in [-0.05, 0) is 25.2 Å². The summed E-state index contributed by atoms with van der Waals surface area (Å²) in [4.78, 5) is 11.7. The predicted molar refractivity (Wildman–Crippen MR) is 80.8 cm³/mol. The van der Waals surface area contributed by atoms with Gasteiger partial charge in [-0.3, -0.25) is 0 Å². The van der Waals surface area contributed by atoms with E-state index in [1.807, 2.05) is 7.05 Å². The van der Waals surface area contributed by atoms with Crippen LogP contribution in [-0.2, 0) is 6.42 Å². The highest BCUT2D eigenvalue weighted by Crippen LogP contribution is 2.25. The second-order valence-corrected chi connectivity index (χ2v) is 5.39. The largest absolute Gasteiger partial charge is 0.373 e. The lowest BCUT2D eigenvalue weighted by molar-refractivity contribution is 0.402. The molecule has 1 saturated heterocycles. The molecule has 2 rings (SSSR count). The van der Waals surface area contributed by atoms with Crippen molar-refractivity contribution in [2.75, 3.05) is 30.4 Å². The minimum Gasteiger partial charge on any atom is -0.373 e. The summed E-state index contributed by atoms with van der Waals surface area (Å²) in [5, 5.41) is 3.15. The molecule has 0 aliphatic carbocycles. The van der Waals surface area contributed by atoms with Crippen molar-refractivity contribution >= 4 is 11.6 Å². The van der Waals surface area contributed by atoms with Crippen LogP contribution in [0.1, 0.15) is 45.4 Å². The number of aromatic nitrogens is 2. The Balaban J connectivity index is 2.19. The molecule has 4 nitrogen and oxygen atoms in total. The summed E-state index contributed by atoms with van der Waals surface area (Å²) in [6.45, 7) is 6.73. The molecule has 0 spiro atoms. The topological polar surface area (TPSA) is 41.1 Å². The lowest BCUT2D eigenvalue weighted by Crippen LogP contribution is -2.36. The molecule has 4 heteroatoms. The van der Waals surface area contributed by atoms with Gasteiger partial charge >= 0.3 is 0 Å². The van der Waals surface area contributed by atoms with Crippen LogP contribution in [0.5, 0.6) is 0 Å². The van der Waals surface area contributed by atoms with E-state index in [9.17, 15) is 0 Å². The van der Waals surface area contributed by atoms with Crippen molar-refractivity contribution in [1.29, 1.82) is 0 Å². The van der Waals surface area contributed by atoms with Crippen molar-refractivity contribution in [3.05, 3.63) is 11.9 Å². The zero-order valence-corrected chi connectivity index (χ0v) is 12.4. The van der Waals surface area contributed by atoms with E-state index >= 15 is 0 Å². The number of hydrogen-bond acceptors (Lipinski definition) is 4. The maximum absolute atomic E-state index is 4.74. The number of nitrogens with zero attached hydrogens (tertiary/aromatic N) is 3. The van der Waals surface area contributed by atoms with Gasteiger partial charge < -0.3 is 10.2 Å². The fraction of sp³-hybridized carbons (Fsp3) is 0.733. The highest BCUT2D eigenvalue weighted by Gasteiger charge is 2.20. The fourth-order valence-electron chi connectivity index (χ4n) is 2.71. The van der Waals surface area contributed by atoms with Crippen molar-refractivity contribution in [3.8, 4) is 0 Å². The zero-order chi connectivity index (χ0) is 13.7. The first-order valence-corrected chi connectivity index (χ1v) is 7.57. The second kappa shape index (κ2) is 6.73. The normalized spacial score (nSPS) is 19.5. The summed E-state index contributed by atoms with van der Waals surface area (Å²) in [5.74, 6) is 3.81. The van der Waals surface area contributed by atoms with Gasteiger partial charge in [0.2, 0.25) is 0 Å². The van der Waals surface area contributed by atoms with Crippen LogP contribution in [0, 0.1) is 5.92 Å². The van der Waals surface area contributed by atoms with Gasteiger partial charge in [0.15, 0.2) is 0 Å². The van der Waals surface area contributed by atoms with E-state index in [-0.39, 0.29) is 0 Å². The third kappa shape index (κ3) is 3.58. The molecule has 0 saturated carbocycles. The van der Waals surface area contributed by atoms with E-state index in [0.29, 0.717) is 0 Å². The predicted octanol–water partition coefficient (Wildman–Crippen LogP) is 3.10. The van der Waals surface area contributed by atoms with Gasteiger partial charge in [-0.2, -0.15) is 0 Å². The molecule has 2 heterocycles. The first-order valence-electron chi connectivity index (χ1n) is 7.57. The monoisotopic (exact) mass is 262 g/mol. The summed E-state index contributed by atoms with van der Waals surface area (Å²) in [7, 11) is 1.92. The quantitative estimate of drug-likeness (QED) is 0.885. The van der Waals surface area contributed by atoms with E-state index in [1.54, 1.807) is 0 Å². The van der Waals surface area contributed by atoms with Crippen LogP contribution < -0.4 is 10.2 Å². The van der Waals surface area contributed by atoms with Crippen LogP contribution in [0.3, 0.4) is 0 Å². The van der Waals surface area contributed by atoms with E-state index in [4.69, 9.17) is 4.98 Å². The number of nitrogens with one attached hydrogen (secondary N) is 1. The van der Waals surface area contributed by atoms with Crippen molar-refractivity contribution < 1.29 is 0 Å². The van der Waals surface area contributed by atoms with Crippen molar-refractivity contribution in [1.82, 2.24) is 9.97 Å². The molecule has 0 aromatic carbocycles. The maximum atomic E-state index is 4.74. The van der Waals surface area contributed by atoms with Crippen LogP contribution in [-0.4, -0.2) is 30.1 Å². The van der Waals surface area contributed by atoms with Crippen molar-refractivity contribution in [2.24, 2.45) is 5.92 Å². The molecule has 1 aromatic heterocycles. The molecule has 1 N–H and O–H groups in total. The lowest BCUT2D eigenvalue weighted by atomic mass is 9.96. The van der Waals surface area contributed by atoms with Crippen LogP contribution in [0.2, 0.25) is 0 Å². The number of piperidine rings is 1. The molecule has 1 aromatic rings. The number of anilines is 2. The van der Waals surface area contributed by atoms with Gasteiger partial charge in [-0.25, -0.2) is 9.97 Å². The first-order chi connectivity index (χ1) is 9.26. The van der Waals surface area contributed by atoms with E-state index in [2.05, 4.69) is 35.1 Å². The van der Waals surface area contributed by atoms with Crippen LogP contribution in [0.25, 0.3) is 0 Å². The molecule has 1 unspecified atom stereocenters. The Hall–Kier alpha value is -1.32. The van der Waals surface area contributed by atoms with Gasteiger partial charge in [0.1, 0.15) is 17.5 Å². The Kier molecular flexibility index (Phi) is 5.00. The van der Waals surface area contributed by atoms with Gasteiger partial charge in [0.25, 0.3) is 0 Å². The summed E-state index contributed by atoms with van der Waals surface area (Å²) in [6, 6.07) is 2.08. The van der Waals surface area contributed by atoms with Gasteiger partial charge in [0.05, 0.1) is 0 Å². The Bertz CT molecular complexity index is 405. The molecule has 1 aliphatic rings. The Morgan fingerprint density at radius 3 is 2.89 bits per heavy atom. The molecule has 0 amide bonds. The van der Waals surface area contributed by atoms with Crippen molar-refractivity contribution in [3.63, 3.8) is 0 Å². The maximum Gasteiger partial charge on any atom is 0.134 e. The van der Waals surface area contributed by atoms with E-state index in [1.165, 1.54) is 19.3 Å². The van der Waals surface area contributed by atoms with E-state index < -0.39 is 0 Å². The van der Waals surface area contributed by atoms with Gasteiger partial charge in [-0.15, -0.1) is 0 Å². The smallest absolute Gasteiger partial charge is 0.134 e. The standard InChI is InChI=1S/C15H26N4/c1-4-7-13-17-14(16-3)10-15(18-13)19-9-6-8-12(5-2)11-19/h10,12H,4-9,11H2,1-3H3,(H,16,17,18). The third-order valence-electron chi connectivity index (χ3n) is 3.91. The van der Waals surface area contributed by atoms with Crippen LogP contribution >= 0.6 is 0 Å². The van der Waals surface area contributed by atoms with Crippen LogP contribution in [0.4, 0.5) is 11.6 Å². The summed E-state index contributed by atoms with van der Waals surface area (Å²) in [5.41, 5.74) is 0. The average Bonchev–Trinajstić information content (AvgIpc) is 2.47. The van der Waals surface area contributed by atoms with Gasteiger partial charge in [0, 0.05) is 32.6 Å². The van der Waals surface area contributed by atoms with Crippen molar-refractivity contribution in [2.45, 2.75) is 46.0 Å². The zero-order valence-electron chi connectivity index (χ0n) is 12.4. The molecule has 1 atom stereocenters. The van der Waals surface area contributed by atoms with Gasteiger partial charge in [-0.1, -0.05) is 20.3 Å². The first kappa shape index (κ1) is 14.1. The molecule has 1 fully saturated rings. The van der Waals surface area contributed by atoms with Crippen LogP contribution in [0.15, 0.2) is 6.07 Å². The minimum atomic E-state index is 0.816. The number of rotatable bonds is 5. The molecule has 106 valence electrons. The molecule has 19 heavy (non-hydrogen) atoms. The second-order valence-electron chi connectivity index (χ2n) is 5.39. The highest BCUT2D eigenvalue weighted by molar-refractivity contribution is 5.49. The SMILES string of the molecule is CCCc1nc(NC)cc(N2CCCC(CC)C2)n1. The Labute approximate surface area is 116 Å². The Morgan fingerprint density at radius 2 is 2.21 bits per heavy atom. The molecular weight excluding hydrogens is 236 g/mol. The Morgan fingerprint density at radius 1 is 1.37 bits per heavy atom. The summed E-state index contributed by atoms with van der Waals surface area (Å²) in [6.07, 6.45) is 5.94. The molecular formula is C15H26N4. The third-order valence-corrected chi connectivity index (χ3v) is 3.91. The molecule has 1 aliphatic heterocycles. The lowest BCUT2D eigenvalue weighted by Gasteiger charge is -2.33.